The zero-order valence-electron chi connectivity index (χ0n) is 15.9. The van der Waals surface area contributed by atoms with Crippen molar-refractivity contribution in [1.29, 1.82) is 5.26 Å². The van der Waals surface area contributed by atoms with Gasteiger partial charge in [-0.05, 0) is 57.1 Å². The summed E-state index contributed by atoms with van der Waals surface area (Å²) < 4.78 is 6.73. The monoisotopic (exact) mass is 353 g/mol. The highest BCUT2D eigenvalue weighted by atomic mass is 16.5. The lowest BCUT2D eigenvalue weighted by Crippen LogP contribution is -2.79. The highest BCUT2D eigenvalue weighted by Gasteiger charge is 2.63. The molecule has 1 aromatic rings. The molecule has 1 N–H and O–H groups in total. The van der Waals surface area contributed by atoms with Gasteiger partial charge in [-0.25, -0.2) is 0 Å². The molecular formula is C22H31N3O. The summed E-state index contributed by atoms with van der Waals surface area (Å²) in [5, 5.41) is 13.8. The van der Waals surface area contributed by atoms with Crippen LogP contribution >= 0.6 is 0 Å². The van der Waals surface area contributed by atoms with E-state index < -0.39 is 0 Å². The fraction of sp³-hybridized carbons (Fsp3) is 0.682. The predicted octanol–water partition coefficient (Wildman–Crippen LogP) is 4.14. The van der Waals surface area contributed by atoms with Gasteiger partial charge in [-0.2, -0.15) is 5.26 Å². The standard InChI is InChI=1S/C22H31N3O/c1-2-3-14-22-21(13-8-15-24-22)12-7-11-19(16-23)25(21)20(17-26-22)18-9-5-4-6-10-18/h4-6,9-10,19-20,24H,2-3,7-8,11-15,17H2,1H3/t19-,20-,21+,22+/m0/s1. The predicted molar refractivity (Wildman–Crippen MR) is 102 cm³/mol. The summed E-state index contributed by atoms with van der Waals surface area (Å²) in [6, 6.07) is 13.5. The number of ether oxygens (including phenoxy) is 1. The first-order valence-electron chi connectivity index (χ1n) is 10.4. The van der Waals surface area contributed by atoms with Crippen LogP contribution in [0.5, 0.6) is 0 Å². The van der Waals surface area contributed by atoms with E-state index >= 15 is 0 Å². The van der Waals surface area contributed by atoms with Gasteiger partial charge in [-0.1, -0.05) is 43.7 Å². The lowest BCUT2D eigenvalue weighted by atomic mass is 9.67. The molecule has 3 aliphatic rings. The van der Waals surface area contributed by atoms with Crippen molar-refractivity contribution in [2.45, 2.75) is 81.6 Å². The van der Waals surface area contributed by atoms with Crippen molar-refractivity contribution in [2.24, 2.45) is 0 Å². The van der Waals surface area contributed by atoms with E-state index in [4.69, 9.17) is 4.74 Å². The molecule has 4 heteroatoms. The molecule has 3 aliphatic heterocycles. The summed E-state index contributed by atoms with van der Waals surface area (Å²) in [5.74, 6) is 0. The minimum Gasteiger partial charge on any atom is -0.357 e. The van der Waals surface area contributed by atoms with Crippen LogP contribution in [-0.4, -0.2) is 35.4 Å². The molecule has 1 aromatic carbocycles. The van der Waals surface area contributed by atoms with Gasteiger partial charge >= 0.3 is 0 Å². The van der Waals surface area contributed by atoms with E-state index in [1.807, 2.05) is 0 Å². The van der Waals surface area contributed by atoms with Crippen LogP contribution in [0.1, 0.15) is 69.9 Å². The second-order valence-electron chi connectivity index (χ2n) is 8.17. The van der Waals surface area contributed by atoms with E-state index in [1.165, 1.54) is 12.0 Å². The summed E-state index contributed by atoms with van der Waals surface area (Å²) in [7, 11) is 0. The summed E-state index contributed by atoms with van der Waals surface area (Å²) in [6.07, 6.45) is 8.90. The molecule has 4 rings (SSSR count). The van der Waals surface area contributed by atoms with E-state index in [1.54, 1.807) is 0 Å². The van der Waals surface area contributed by atoms with Crippen molar-refractivity contribution in [3.05, 3.63) is 35.9 Å². The molecule has 3 heterocycles. The molecule has 3 saturated heterocycles. The minimum absolute atomic E-state index is 0.0150. The van der Waals surface area contributed by atoms with Crippen molar-refractivity contribution in [3.8, 4) is 6.07 Å². The van der Waals surface area contributed by atoms with Crippen LogP contribution in [0, 0.1) is 11.3 Å². The van der Waals surface area contributed by atoms with Crippen LogP contribution in [0.4, 0.5) is 0 Å². The number of unbranched alkanes of at least 4 members (excludes halogenated alkanes) is 1. The van der Waals surface area contributed by atoms with E-state index in [0.29, 0.717) is 6.61 Å². The number of nitrogens with zero attached hydrogens (tertiary/aromatic N) is 2. The van der Waals surface area contributed by atoms with Crippen molar-refractivity contribution < 1.29 is 4.74 Å². The van der Waals surface area contributed by atoms with Gasteiger partial charge in [0.2, 0.25) is 0 Å². The van der Waals surface area contributed by atoms with Crippen LogP contribution in [0.25, 0.3) is 0 Å². The summed E-state index contributed by atoms with van der Waals surface area (Å²) in [6.45, 7) is 3.94. The van der Waals surface area contributed by atoms with Gasteiger partial charge in [-0.3, -0.25) is 10.2 Å². The van der Waals surface area contributed by atoms with Crippen LogP contribution in [0.3, 0.4) is 0 Å². The molecule has 0 amide bonds. The third-order valence-corrected chi connectivity index (χ3v) is 6.87. The first-order chi connectivity index (χ1) is 12.8. The maximum absolute atomic E-state index is 9.99. The number of morpholine rings is 1. The van der Waals surface area contributed by atoms with Gasteiger partial charge in [0.25, 0.3) is 0 Å². The highest BCUT2D eigenvalue weighted by Crippen LogP contribution is 2.54. The third kappa shape index (κ3) is 2.69. The quantitative estimate of drug-likeness (QED) is 0.883. The Hall–Kier alpha value is -1.41. The average Bonchev–Trinajstić information content (AvgIpc) is 2.71. The molecular weight excluding hydrogens is 322 g/mol. The van der Waals surface area contributed by atoms with Gasteiger partial charge in [0.15, 0.2) is 0 Å². The lowest BCUT2D eigenvalue weighted by Gasteiger charge is -2.66. The number of rotatable bonds is 4. The Labute approximate surface area is 157 Å². The molecule has 4 atom stereocenters. The van der Waals surface area contributed by atoms with Gasteiger partial charge in [0.05, 0.1) is 30.3 Å². The molecule has 0 aromatic heterocycles. The molecule has 3 fully saturated rings. The largest absolute Gasteiger partial charge is 0.357 e. The highest BCUT2D eigenvalue weighted by molar-refractivity contribution is 5.26. The number of hydrogen-bond acceptors (Lipinski definition) is 4. The minimum atomic E-state index is -0.290. The van der Waals surface area contributed by atoms with Crippen LogP contribution < -0.4 is 5.32 Å². The van der Waals surface area contributed by atoms with Crippen molar-refractivity contribution >= 4 is 0 Å². The Kier molecular flexibility index (Phi) is 5.05. The molecule has 0 aliphatic carbocycles. The molecule has 0 bridgehead atoms. The van der Waals surface area contributed by atoms with Gasteiger partial charge in [0.1, 0.15) is 5.72 Å². The molecule has 1 spiro atoms. The summed E-state index contributed by atoms with van der Waals surface area (Å²) >= 11 is 0. The SMILES string of the molecule is CCCC[C@]12NCCC[C@]13CCC[C@@H](C#N)N3[C@H](c1ccccc1)CO2. The fourth-order valence-electron chi connectivity index (χ4n) is 5.74. The number of nitrogens with one attached hydrogen (secondary N) is 1. The van der Waals surface area contributed by atoms with Gasteiger partial charge in [0, 0.05) is 0 Å². The number of hydrogen-bond donors (Lipinski definition) is 1. The maximum Gasteiger partial charge on any atom is 0.137 e. The normalized spacial score (nSPS) is 37.4. The first kappa shape index (κ1) is 18.0. The van der Waals surface area contributed by atoms with Crippen molar-refractivity contribution in [1.82, 2.24) is 10.2 Å². The Morgan fingerprint density at radius 3 is 2.85 bits per heavy atom. The van der Waals surface area contributed by atoms with Crippen molar-refractivity contribution in [2.75, 3.05) is 13.2 Å². The van der Waals surface area contributed by atoms with Crippen LogP contribution in [0.15, 0.2) is 30.3 Å². The summed E-state index contributed by atoms with van der Waals surface area (Å²) in [4.78, 5) is 2.58. The Morgan fingerprint density at radius 1 is 1.27 bits per heavy atom. The third-order valence-electron chi connectivity index (χ3n) is 6.87. The fourth-order valence-corrected chi connectivity index (χ4v) is 5.74. The topological polar surface area (TPSA) is 48.3 Å². The second-order valence-corrected chi connectivity index (χ2v) is 8.17. The Bertz CT molecular complexity index is 653. The molecule has 0 radical (unpaired) electrons. The van der Waals surface area contributed by atoms with Crippen LogP contribution in [0.2, 0.25) is 0 Å². The number of nitriles is 1. The molecule has 0 unspecified atom stereocenters. The van der Waals surface area contributed by atoms with E-state index in [9.17, 15) is 5.26 Å². The maximum atomic E-state index is 9.99. The number of benzene rings is 1. The first-order valence-corrected chi connectivity index (χ1v) is 10.4. The molecule has 26 heavy (non-hydrogen) atoms. The smallest absolute Gasteiger partial charge is 0.137 e. The van der Waals surface area contributed by atoms with Gasteiger partial charge < -0.3 is 4.74 Å². The average molecular weight is 354 g/mol. The van der Waals surface area contributed by atoms with Crippen molar-refractivity contribution in [3.63, 3.8) is 0 Å². The number of piperidine rings is 2. The van der Waals surface area contributed by atoms with E-state index in [-0.39, 0.29) is 23.3 Å². The summed E-state index contributed by atoms with van der Waals surface area (Å²) in [5.41, 5.74) is 0.934. The second kappa shape index (κ2) is 7.31. The van der Waals surface area contributed by atoms with Crippen LogP contribution in [-0.2, 0) is 4.74 Å². The zero-order valence-corrected chi connectivity index (χ0v) is 15.9. The lowest BCUT2D eigenvalue weighted by molar-refractivity contribution is -0.269. The molecule has 140 valence electrons. The van der Waals surface area contributed by atoms with E-state index in [0.717, 1.165) is 51.5 Å². The van der Waals surface area contributed by atoms with E-state index in [2.05, 4.69) is 53.5 Å². The Balaban J connectivity index is 1.79. The van der Waals surface area contributed by atoms with Gasteiger partial charge in [-0.15, -0.1) is 0 Å². The zero-order chi connectivity index (χ0) is 18.0. The Morgan fingerprint density at radius 2 is 2.08 bits per heavy atom. The molecule has 4 nitrogen and oxygen atoms in total. The molecule has 0 saturated carbocycles.